The highest BCUT2D eigenvalue weighted by Gasteiger charge is 2.27. The van der Waals surface area contributed by atoms with Crippen molar-refractivity contribution in [3.8, 4) is 22.7 Å². The third kappa shape index (κ3) is 4.78. The summed E-state index contributed by atoms with van der Waals surface area (Å²) < 4.78 is 6.19. The number of likely N-dealkylation sites (N-methyl/N-ethyl adjacent to an activating group) is 1. The number of fused-ring (bicyclic) bond motifs is 1. The lowest BCUT2D eigenvalue weighted by Gasteiger charge is -2.30. The molecule has 0 atom stereocenters. The van der Waals surface area contributed by atoms with Crippen LogP contribution in [0.5, 0.6) is 0 Å². The van der Waals surface area contributed by atoms with Crippen molar-refractivity contribution in [2.75, 3.05) is 33.7 Å². The average molecular weight is 487 g/mol. The Hall–Kier alpha value is -3.52. The Balaban J connectivity index is 1.38. The van der Waals surface area contributed by atoms with Gasteiger partial charge in [-0.05, 0) is 74.7 Å². The van der Waals surface area contributed by atoms with Gasteiger partial charge in [0.1, 0.15) is 0 Å². The summed E-state index contributed by atoms with van der Waals surface area (Å²) >= 11 is 0. The Morgan fingerprint density at radius 1 is 1.14 bits per heavy atom. The number of likely N-dealkylation sites (tertiary alicyclic amines) is 1. The molecule has 1 aliphatic heterocycles. The summed E-state index contributed by atoms with van der Waals surface area (Å²) in [6.07, 6.45) is 3.67. The monoisotopic (exact) mass is 486 g/mol. The first-order chi connectivity index (χ1) is 17.3. The average Bonchev–Trinajstić information content (AvgIpc) is 3.49. The molecule has 1 N–H and O–H groups in total. The highest BCUT2D eigenvalue weighted by Crippen LogP contribution is 2.38. The molecule has 4 aromatic rings. The van der Waals surface area contributed by atoms with Gasteiger partial charge in [0, 0.05) is 53.9 Å². The first-order valence-electron chi connectivity index (χ1n) is 12.6. The van der Waals surface area contributed by atoms with Gasteiger partial charge in [-0.15, -0.1) is 10.2 Å². The number of carbonyl (C=O) groups excluding carboxylic acids is 1. The number of nitrogens with zero attached hydrogens (tertiary/aromatic N) is 5. The highest BCUT2D eigenvalue weighted by molar-refractivity contribution is 5.93. The van der Waals surface area contributed by atoms with Gasteiger partial charge in [0.2, 0.25) is 17.7 Å². The summed E-state index contributed by atoms with van der Waals surface area (Å²) in [7, 11) is 3.59. The summed E-state index contributed by atoms with van der Waals surface area (Å²) in [5.41, 5.74) is 6.56. The molecular formula is C28H34N6O2. The Bertz CT molecular complexity index is 1380. The molecule has 0 spiro atoms. The smallest absolute Gasteiger partial charge is 0.247 e. The molecule has 4 heterocycles. The molecule has 36 heavy (non-hydrogen) atoms. The van der Waals surface area contributed by atoms with E-state index in [2.05, 4.69) is 63.2 Å². The van der Waals surface area contributed by atoms with Crippen molar-refractivity contribution in [2.45, 2.75) is 45.4 Å². The zero-order valence-electron chi connectivity index (χ0n) is 21.7. The first kappa shape index (κ1) is 24.2. The van der Waals surface area contributed by atoms with E-state index in [1.165, 1.54) is 10.9 Å². The van der Waals surface area contributed by atoms with Gasteiger partial charge < -0.3 is 14.3 Å². The molecular weight excluding hydrogens is 452 g/mol. The number of piperidine rings is 1. The molecule has 8 heteroatoms. The molecule has 1 fully saturated rings. The molecule has 1 aliphatic rings. The van der Waals surface area contributed by atoms with Crippen molar-refractivity contribution in [1.29, 1.82) is 0 Å². The van der Waals surface area contributed by atoms with Gasteiger partial charge in [0.05, 0.1) is 12.2 Å². The first-order valence-corrected chi connectivity index (χ1v) is 12.6. The van der Waals surface area contributed by atoms with Crippen LogP contribution in [0, 0.1) is 6.92 Å². The van der Waals surface area contributed by atoms with E-state index in [0.717, 1.165) is 54.0 Å². The lowest BCUT2D eigenvalue weighted by Crippen LogP contribution is -2.40. The minimum Gasteiger partial charge on any atom is -0.420 e. The van der Waals surface area contributed by atoms with Gasteiger partial charge in [-0.2, -0.15) is 0 Å². The van der Waals surface area contributed by atoms with Crippen LogP contribution in [-0.4, -0.2) is 69.6 Å². The number of carbonyl (C=O) groups is 1. The van der Waals surface area contributed by atoms with Crippen molar-refractivity contribution in [3.63, 3.8) is 0 Å². The quantitative estimate of drug-likeness (QED) is 0.413. The topological polar surface area (TPSA) is 91.2 Å². The number of hydrogen-bond acceptors (Lipinski definition) is 6. The normalized spacial score (nSPS) is 15.2. The number of aromatic nitrogens is 4. The van der Waals surface area contributed by atoms with Gasteiger partial charge in [0.25, 0.3) is 0 Å². The number of hydrogen-bond donors (Lipinski definition) is 1. The van der Waals surface area contributed by atoms with Gasteiger partial charge >= 0.3 is 0 Å². The van der Waals surface area contributed by atoms with Crippen LogP contribution < -0.4 is 0 Å². The summed E-state index contributed by atoms with van der Waals surface area (Å²) in [6.45, 7) is 8.62. The Kier molecular flexibility index (Phi) is 6.62. The maximum absolute atomic E-state index is 12.0. The lowest BCUT2D eigenvalue weighted by atomic mass is 9.95. The number of rotatable bonds is 6. The second-order valence-corrected chi connectivity index (χ2v) is 10.3. The number of pyridine rings is 1. The van der Waals surface area contributed by atoms with E-state index >= 15 is 0 Å². The predicted molar refractivity (Wildman–Crippen MR) is 141 cm³/mol. The van der Waals surface area contributed by atoms with E-state index in [0.29, 0.717) is 24.2 Å². The number of H-pyrrole nitrogens is 1. The van der Waals surface area contributed by atoms with Gasteiger partial charge in [-0.25, -0.2) is 0 Å². The number of aryl methyl sites for hydroxylation is 1. The van der Waals surface area contributed by atoms with Crippen molar-refractivity contribution < 1.29 is 9.21 Å². The molecule has 0 aliphatic carbocycles. The fraction of sp³-hybridized carbons (Fsp3) is 0.429. The molecule has 1 amide bonds. The second-order valence-electron chi connectivity index (χ2n) is 10.3. The highest BCUT2D eigenvalue weighted by atomic mass is 16.4. The molecule has 0 saturated carbocycles. The van der Waals surface area contributed by atoms with Crippen LogP contribution in [0.25, 0.3) is 33.6 Å². The molecule has 1 saturated heterocycles. The zero-order chi connectivity index (χ0) is 25.4. The molecule has 0 radical (unpaired) electrons. The van der Waals surface area contributed by atoms with Gasteiger partial charge in [0.15, 0.2) is 0 Å². The second kappa shape index (κ2) is 9.85. The van der Waals surface area contributed by atoms with Gasteiger partial charge in [-0.1, -0.05) is 13.8 Å². The van der Waals surface area contributed by atoms with E-state index in [4.69, 9.17) is 4.42 Å². The van der Waals surface area contributed by atoms with Crippen molar-refractivity contribution in [2.24, 2.45) is 0 Å². The van der Waals surface area contributed by atoms with Crippen molar-refractivity contribution >= 4 is 16.8 Å². The predicted octanol–water partition coefficient (Wildman–Crippen LogP) is 4.98. The standard InChI is InChI=1S/C28H34N6O2/c1-17(2)25-22-15-21(6-7-23(22)30-26(25)20-8-11-29-18(3)14-20)28-32-31-27(36-28)19-9-12-34(13-10-19)16-24(35)33(4)5/h6-8,11,14-15,17,19,30H,9-10,12-13,16H2,1-5H3. The number of aromatic amines is 1. The molecule has 0 unspecified atom stereocenters. The van der Waals surface area contributed by atoms with Crippen LogP contribution in [-0.2, 0) is 4.79 Å². The van der Waals surface area contributed by atoms with Crippen molar-refractivity contribution in [3.05, 3.63) is 53.7 Å². The third-order valence-corrected chi connectivity index (χ3v) is 7.08. The van der Waals surface area contributed by atoms with Crippen LogP contribution in [0.1, 0.15) is 55.7 Å². The minimum atomic E-state index is 0.136. The number of nitrogens with one attached hydrogen (secondary N) is 1. The van der Waals surface area contributed by atoms with Crippen LogP contribution in [0.15, 0.2) is 40.9 Å². The molecule has 5 rings (SSSR count). The van der Waals surface area contributed by atoms with Crippen LogP contribution in [0.4, 0.5) is 0 Å². The molecule has 0 bridgehead atoms. The van der Waals surface area contributed by atoms with E-state index < -0.39 is 0 Å². The minimum absolute atomic E-state index is 0.136. The van der Waals surface area contributed by atoms with Crippen LogP contribution in [0.3, 0.4) is 0 Å². The third-order valence-electron chi connectivity index (χ3n) is 7.08. The van der Waals surface area contributed by atoms with E-state index in [-0.39, 0.29) is 11.8 Å². The summed E-state index contributed by atoms with van der Waals surface area (Å²) in [5.74, 6) is 1.93. The lowest BCUT2D eigenvalue weighted by molar-refractivity contribution is -0.130. The Labute approximate surface area is 211 Å². The molecule has 1 aromatic carbocycles. The largest absolute Gasteiger partial charge is 0.420 e. The summed E-state index contributed by atoms with van der Waals surface area (Å²) in [4.78, 5) is 23.8. The Morgan fingerprint density at radius 3 is 2.61 bits per heavy atom. The van der Waals surface area contributed by atoms with E-state index in [9.17, 15) is 4.79 Å². The molecule has 188 valence electrons. The van der Waals surface area contributed by atoms with E-state index in [1.807, 2.05) is 19.2 Å². The van der Waals surface area contributed by atoms with E-state index in [1.54, 1.807) is 19.0 Å². The molecule has 3 aromatic heterocycles. The fourth-order valence-electron chi connectivity index (χ4n) is 5.06. The maximum atomic E-state index is 12.0. The summed E-state index contributed by atoms with van der Waals surface area (Å²) in [5, 5.41) is 9.98. The number of benzene rings is 1. The summed E-state index contributed by atoms with van der Waals surface area (Å²) in [6, 6.07) is 10.5. The number of amides is 1. The molecule has 8 nitrogen and oxygen atoms in total. The van der Waals surface area contributed by atoms with Crippen LogP contribution >= 0.6 is 0 Å². The fourth-order valence-corrected chi connectivity index (χ4v) is 5.06. The van der Waals surface area contributed by atoms with Gasteiger partial charge in [-0.3, -0.25) is 14.7 Å². The Morgan fingerprint density at radius 2 is 1.92 bits per heavy atom. The van der Waals surface area contributed by atoms with Crippen LogP contribution in [0.2, 0.25) is 0 Å². The zero-order valence-corrected chi connectivity index (χ0v) is 21.7. The SMILES string of the molecule is Cc1cc(-c2[nH]c3ccc(-c4nnc(C5CCN(CC(=O)N(C)C)CC5)o4)cc3c2C(C)C)ccn1. The maximum Gasteiger partial charge on any atom is 0.247 e. The van der Waals surface area contributed by atoms with Crippen molar-refractivity contribution in [1.82, 2.24) is 30.0 Å².